The summed E-state index contributed by atoms with van der Waals surface area (Å²) in [6.07, 6.45) is -2.95. The maximum absolute atomic E-state index is 12.3. The quantitative estimate of drug-likeness (QED) is 0.493. The highest BCUT2D eigenvalue weighted by atomic mass is 16.6. The van der Waals surface area contributed by atoms with Crippen LogP contribution in [0.3, 0.4) is 0 Å². The number of carbonyl (C=O) groups excluding carboxylic acids is 3. The fourth-order valence-electron chi connectivity index (χ4n) is 3.64. The van der Waals surface area contributed by atoms with Crippen molar-refractivity contribution in [3.8, 4) is 6.07 Å². The van der Waals surface area contributed by atoms with Crippen molar-refractivity contribution >= 4 is 23.8 Å². The van der Waals surface area contributed by atoms with E-state index in [0.29, 0.717) is 0 Å². The third-order valence-electron chi connectivity index (χ3n) is 4.35. The minimum Gasteiger partial charge on any atom is -0.480 e. The first-order valence-corrected chi connectivity index (χ1v) is 7.51. The van der Waals surface area contributed by atoms with E-state index in [-0.39, 0.29) is 0 Å². The molecule has 0 aromatic rings. The number of carboxylic acid groups (broad SMARTS) is 1. The van der Waals surface area contributed by atoms with Gasteiger partial charge in [-0.05, 0) is 0 Å². The topological polar surface area (TPSA) is 143 Å². The van der Waals surface area contributed by atoms with Gasteiger partial charge >= 0.3 is 11.9 Å². The molecule has 1 N–H and O–H groups in total. The minimum absolute atomic E-state index is 0.543. The van der Waals surface area contributed by atoms with Crippen LogP contribution in [0.2, 0.25) is 0 Å². The molecule has 3 fully saturated rings. The number of imide groups is 1. The van der Waals surface area contributed by atoms with Gasteiger partial charge in [0.15, 0.2) is 6.10 Å². The van der Waals surface area contributed by atoms with E-state index < -0.39 is 66.5 Å². The van der Waals surface area contributed by atoms with Gasteiger partial charge in [-0.15, -0.1) is 0 Å². The van der Waals surface area contributed by atoms with Crippen LogP contribution in [0.15, 0.2) is 0 Å². The first-order valence-electron chi connectivity index (χ1n) is 7.51. The monoisotopic (exact) mass is 354 g/mol. The number of hydrogen-bond acceptors (Lipinski definition) is 8. The molecular weight excluding hydrogens is 336 g/mol. The van der Waals surface area contributed by atoms with Crippen molar-refractivity contribution in [2.75, 3.05) is 13.7 Å². The Bertz CT molecular complexity index is 642. The van der Waals surface area contributed by atoms with Crippen molar-refractivity contribution in [1.82, 2.24) is 4.90 Å². The van der Waals surface area contributed by atoms with E-state index in [0.717, 1.165) is 4.90 Å². The molecular formula is C15H18N2O8. The van der Waals surface area contributed by atoms with E-state index >= 15 is 0 Å². The number of amides is 2. The van der Waals surface area contributed by atoms with Crippen molar-refractivity contribution in [2.24, 2.45) is 11.8 Å². The van der Waals surface area contributed by atoms with E-state index in [1.165, 1.54) is 21.0 Å². The molecule has 2 bridgehead atoms. The fraction of sp³-hybridized carbons (Fsp3) is 0.667. The molecule has 3 aliphatic rings. The molecule has 136 valence electrons. The molecule has 0 aliphatic carbocycles. The largest absolute Gasteiger partial charge is 0.480 e. The molecule has 0 aromatic carbocycles. The first kappa shape index (κ1) is 18.8. The van der Waals surface area contributed by atoms with Crippen LogP contribution in [0.4, 0.5) is 0 Å². The summed E-state index contributed by atoms with van der Waals surface area (Å²) in [4.78, 5) is 47.4. The lowest BCUT2D eigenvalue weighted by atomic mass is 9.78. The molecule has 10 heteroatoms. The fourth-order valence-corrected chi connectivity index (χ4v) is 3.64. The van der Waals surface area contributed by atoms with E-state index in [2.05, 4.69) is 0 Å². The SMILES string of the molecule is CC#N.CO[C@H]1C(OC(C)=O)C2O[C@H]1C1C(=O)N(CC(=O)O)C(=O)C21. The van der Waals surface area contributed by atoms with Gasteiger partial charge in [-0.2, -0.15) is 5.26 Å². The zero-order chi connectivity index (χ0) is 18.9. The van der Waals surface area contributed by atoms with Gasteiger partial charge in [0.1, 0.15) is 24.9 Å². The summed E-state index contributed by atoms with van der Waals surface area (Å²) in [5, 5.41) is 16.1. The lowest BCUT2D eigenvalue weighted by Gasteiger charge is -2.30. The maximum atomic E-state index is 12.3. The summed E-state index contributed by atoms with van der Waals surface area (Å²) in [6, 6.07) is 1.75. The highest BCUT2D eigenvalue weighted by molar-refractivity contribution is 6.08. The van der Waals surface area contributed by atoms with Crippen molar-refractivity contribution < 1.29 is 38.5 Å². The molecule has 2 amide bonds. The van der Waals surface area contributed by atoms with Crippen LogP contribution in [-0.2, 0) is 33.4 Å². The number of aliphatic carboxylic acids is 1. The predicted molar refractivity (Wildman–Crippen MR) is 77.6 cm³/mol. The van der Waals surface area contributed by atoms with Crippen LogP contribution < -0.4 is 0 Å². The van der Waals surface area contributed by atoms with Gasteiger partial charge < -0.3 is 19.3 Å². The predicted octanol–water partition coefficient (Wildman–Crippen LogP) is -1.07. The second-order valence-corrected chi connectivity index (χ2v) is 5.77. The summed E-state index contributed by atoms with van der Waals surface area (Å²) in [6.45, 7) is 1.98. The summed E-state index contributed by atoms with van der Waals surface area (Å²) < 4.78 is 16.1. The number of esters is 1. The average Bonchev–Trinajstić information content (AvgIpc) is 3.13. The van der Waals surface area contributed by atoms with E-state index in [1.54, 1.807) is 6.07 Å². The number of carbonyl (C=O) groups is 4. The van der Waals surface area contributed by atoms with Gasteiger partial charge in [0.2, 0.25) is 11.8 Å². The van der Waals surface area contributed by atoms with Crippen LogP contribution in [-0.4, -0.2) is 71.8 Å². The summed E-state index contributed by atoms with van der Waals surface area (Å²) in [5.41, 5.74) is 0. The molecule has 25 heavy (non-hydrogen) atoms. The summed E-state index contributed by atoms with van der Waals surface area (Å²) >= 11 is 0. The highest BCUT2D eigenvalue weighted by Gasteiger charge is 2.70. The molecule has 4 unspecified atom stereocenters. The average molecular weight is 354 g/mol. The molecule has 10 nitrogen and oxygen atoms in total. The van der Waals surface area contributed by atoms with Crippen LogP contribution in [0, 0.1) is 23.2 Å². The number of ether oxygens (including phenoxy) is 3. The third kappa shape index (κ3) is 3.08. The molecule has 6 atom stereocenters. The van der Waals surface area contributed by atoms with Crippen LogP contribution in [0.25, 0.3) is 0 Å². The third-order valence-corrected chi connectivity index (χ3v) is 4.35. The zero-order valence-corrected chi connectivity index (χ0v) is 13.9. The van der Waals surface area contributed by atoms with E-state index in [1.807, 2.05) is 0 Å². The van der Waals surface area contributed by atoms with Gasteiger partial charge in [-0.25, -0.2) is 0 Å². The molecule has 0 saturated carbocycles. The minimum atomic E-state index is -1.27. The van der Waals surface area contributed by atoms with Crippen LogP contribution >= 0.6 is 0 Å². The van der Waals surface area contributed by atoms with Crippen molar-refractivity contribution in [3.05, 3.63) is 0 Å². The van der Waals surface area contributed by atoms with Gasteiger partial charge in [0.05, 0.1) is 17.9 Å². The molecule has 3 heterocycles. The zero-order valence-electron chi connectivity index (χ0n) is 13.9. The highest BCUT2D eigenvalue weighted by Crippen LogP contribution is 2.50. The lowest BCUT2D eigenvalue weighted by molar-refractivity contribution is -0.159. The molecule has 3 rings (SSSR count). The molecule has 3 saturated heterocycles. The molecule has 3 aliphatic heterocycles. The van der Waals surface area contributed by atoms with Crippen LogP contribution in [0.5, 0.6) is 0 Å². The number of likely N-dealkylation sites (tertiary alicyclic amines) is 1. The number of nitrogens with zero attached hydrogens (tertiary/aromatic N) is 2. The Morgan fingerprint density at radius 2 is 1.72 bits per heavy atom. The number of fused-ring (bicyclic) bond motifs is 5. The number of rotatable bonds is 4. The van der Waals surface area contributed by atoms with Gasteiger partial charge in [-0.1, -0.05) is 0 Å². The number of methoxy groups -OCH3 is 1. The number of hydrogen-bond donors (Lipinski definition) is 1. The Morgan fingerprint density at radius 1 is 1.24 bits per heavy atom. The Kier molecular flexibility index (Phi) is 5.39. The molecule has 0 spiro atoms. The van der Waals surface area contributed by atoms with Gasteiger partial charge in [0.25, 0.3) is 0 Å². The van der Waals surface area contributed by atoms with E-state index in [9.17, 15) is 19.2 Å². The summed E-state index contributed by atoms with van der Waals surface area (Å²) in [5.74, 6) is -4.60. The summed E-state index contributed by atoms with van der Waals surface area (Å²) in [7, 11) is 1.40. The van der Waals surface area contributed by atoms with Crippen molar-refractivity contribution in [1.29, 1.82) is 5.26 Å². The molecule has 0 aromatic heterocycles. The second kappa shape index (κ2) is 7.16. The Balaban J connectivity index is 0.000000701. The van der Waals surface area contributed by atoms with E-state index in [4.69, 9.17) is 24.6 Å². The Hall–Kier alpha value is -2.51. The first-order chi connectivity index (χ1) is 11.8. The maximum Gasteiger partial charge on any atom is 0.323 e. The Labute approximate surface area is 143 Å². The van der Waals surface area contributed by atoms with Crippen LogP contribution in [0.1, 0.15) is 13.8 Å². The van der Waals surface area contributed by atoms with Gasteiger partial charge in [-0.3, -0.25) is 24.1 Å². The van der Waals surface area contributed by atoms with Gasteiger partial charge in [0, 0.05) is 21.0 Å². The van der Waals surface area contributed by atoms with Crippen molar-refractivity contribution in [2.45, 2.75) is 38.3 Å². The number of nitriles is 1. The number of carboxylic acids is 1. The Morgan fingerprint density at radius 3 is 2.12 bits per heavy atom. The smallest absolute Gasteiger partial charge is 0.323 e. The normalized spacial score (nSPS) is 34.9. The second-order valence-electron chi connectivity index (χ2n) is 5.77. The lowest BCUT2D eigenvalue weighted by Crippen LogP contribution is -2.50. The van der Waals surface area contributed by atoms with Crippen molar-refractivity contribution in [3.63, 3.8) is 0 Å². The molecule has 0 radical (unpaired) electrons. The standard InChI is InChI=1S/C13H15NO8.C2H3N/c1-4(15)21-11-9-7-6(8(22-9)10(11)20-2)12(18)14(13(7)19)3-5(16)17;1-2-3/h6-11H,3H2,1-2H3,(H,16,17);1H3/t6?,7?,8-,9?,10+,11?;/m0./s1.